The third-order valence-corrected chi connectivity index (χ3v) is 4.61. The highest BCUT2D eigenvalue weighted by Gasteiger charge is 2.28. The van der Waals surface area contributed by atoms with Crippen LogP contribution >= 0.6 is 11.6 Å². The van der Waals surface area contributed by atoms with Crippen LogP contribution in [-0.4, -0.2) is 22.1 Å². The predicted molar refractivity (Wildman–Crippen MR) is 99.0 cm³/mol. The molecule has 0 aliphatic carbocycles. The molecule has 0 spiro atoms. The Morgan fingerprint density at radius 1 is 1.27 bits per heavy atom. The monoisotopic (exact) mass is 363 g/mol. The van der Waals surface area contributed by atoms with Crippen LogP contribution in [0.1, 0.15) is 17.2 Å². The van der Waals surface area contributed by atoms with Gasteiger partial charge in [0.05, 0.1) is 35.9 Å². The van der Waals surface area contributed by atoms with Crippen LogP contribution in [0.5, 0.6) is 0 Å². The predicted octanol–water partition coefficient (Wildman–Crippen LogP) is 3.80. The highest BCUT2D eigenvalue weighted by Crippen LogP contribution is 2.40. The van der Waals surface area contributed by atoms with E-state index in [0.717, 1.165) is 16.8 Å². The van der Waals surface area contributed by atoms with Gasteiger partial charge in [-0.25, -0.2) is 9.78 Å². The molecule has 2 aromatic carbocycles. The van der Waals surface area contributed by atoms with Gasteiger partial charge in [0, 0.05) is 22.8 Å². The van der Waals surface area contributed by atoms with E-state index in [1.807, 2.05) is 35.0 Å². The molecule has 0 radical (unpaired) electrons. The van der Waals surface area contributed by atoms with E-state index < -0.39 is 0 Å². The van der Waals surface area contributed by atoms with Gasteiger partial charge in [0.25, 0.3) is 0 Å². The first kappa shape index (κ1) is 16.2. The number of anilines is 1. The molecule has 0 fully saturated rings. The topological polar surface area (TPSA) is 82.7 Å². The first-order valence-corrected chi connectivity index (χ1v) is 8.40. The number of carbonyl (C=O) groups is 1. The number of halogens is 1. The first-order chi connectivity index (χ1) is 12.7. The first-order valence-electron chi connectivity index (χ1n) is 8.02. The van der Waals surface area contributed by atoms with E-state index in [9.17, 15) is 4.79 Å². The van der Waals surface area contributed by atoms with Crippen molar-refractivity contribution >= 4 is 23.3 Å². The second-order valence-electron chi connectivity index (χ2n) is 5.96. The molecule has 2 amide bonds. The Balaban J connectivity index is 1.47. The molecule has 7 heteroatoms. The van der Waals surface area contributed by atoms with Crippen LogP contribution in [0.4, 0.5) is 10.5 Å². The number of nitrogens with one attached hydrogen (secondary N) is 2. The second-order valence-corrected chi connectivity index (χ2v) is 6.39. The van der Waals surface area contributed by atoms with Gasteiger partial charge in [0.2, 0.25) is 0 Å². The summed E-state index contributed by atoms with van der Waals surface area (Å²) in [6, 6.07) is 14.1. The van der Waals surface area contributed by atoms with Crippen LogP contribution < -0.4 is 10.6 Å². The number of benzene rings is 2. The van der Waals surface area contributed by atoms with Crippen LogP contribution in [0.25, 0.3) is 11.3 Å². The van der Waals surface area contributed by atoms with Gasteiger partial charge in [0.1, 0.15) is 0 Å². The molecule has 4 rings (SSSR count). The molecule has 0 bridgehead atoms. The van der Waals surface area contributed by atoms with E-state index in [-0.39, 0.29) is 12.1 Å². The van der Waals surface area contributed by atoms with Crippen LogP contribution in [0.2, 0.25) is 5.02 Å². The van der Waals surface area contributed by atoms with Gasteiger partial charge in [-0.3, -0.25) is 0 Å². The summed E-state index contributed by atoms with van der Waals surface area (Å²) in [6.45, 7) is 0.402. The molecule has 2 heterocycles. The summed E-state index contributed by atoms with van der Waals surface area (Å²) in [6.07, 6.45) is 3.57. The summed E-state index contributed by atoms with van der Waals surface area (Å²) in [4.78, 5) is 16.4. The minimum Gasteiger partial charge on any atom is -0.335 e. The largest absolute Gasteiger partial charge is 0.335 e. The number of imidazole rings is 1. The van der Waals surface area contributed by atoms with E-state index in [1.165, 1.54) is 0 Å². The van der Waals surface area contributed by atoms with Gasteiger partial charge >= 0.3 is 6.03 Å². The zero-order valence-corrected chi connectivity index (χ0v) is 14.4. The van der Waals surface area contributed by atoms with Crippen molar-refractivity contribution in [1.29, 1.82) is 5.26 Å². The molecule has 0 saturated heterocycles. The van der Waals surface area contributed by atoms with Crippen LogP contribution in [0.15, 0.2) is 55.0 Å². The number of rotatable bonds is 3. The normalized spacial score (nSPS) is 14.2. The van der Waals surface area contributed by atoms with Crippen molar-refractivity contribution in [2.45, 2.75) is 6.04 Å². The number of carbonyl (C=O) groups excluding carboxylic acids is 1. The van der Waals surface area contributed by atoms with E-state index >= 15 is 0 Å². The van der Waals surface area contributed by atoms with E-state index in [2.05, 4.69) is 15.6 Å². The molecule has 1 unspecified atom stereocenters. The van der Waals surface area contributed by atoms with Crippen molar-refractivity contribution in [2.24, 2.45) is 0 Å². The third kappa shape index (κ3) is 2.89. The fourth-order valence-electron chi connectivity index (χ4n) is 3.16. The lowest BCUT2D eigenvalue weighted by atomic mass is 10.0. The fraction of sp³-hybridized carbons (Fsp3) is 0.105. The molecule has 1 aliphatic rings. The number of nitriles is 1. The van der Waals surface area contributed by atoms with Gasteiger partial charge in [-0.05, 0) is 42.0 Å². The minimum atomic E-state index is -0.313. The molecule has 0 saturated carbocycles. The lowest BCUT2D eigenvalue weighted by Gasteiger charge is -2.16. The number of amides is 2. The van der Waals surface area contributed by atoms with E-state index in [1.54, 1.807) is 30.6 Å². The molecular formula is C19H14ClN5O. The third-order valence-electron chi connectivity index (χ3n) is 4.38. The van der Waals surface area contributed by atoms with Crippen molar-refractivity contribution in [3.63, 3.8) is 0 Å². The van der Waals surface area contributed by atoms with E-state index in [0.29, 0.717) is 22.8 Å². The SMILES string of the molecule is N#Cc1ccc(NC(=O)NCC2c3cc(Cl)ccc3-c3cncn32)cc1. The lowest BCUT2D eigenvalue weighted by molar-refractivity contribution is 0.251. The Kier molecular flexibility index (Phi) is 4.07. The molecular weight excluding hydrogens is 350 g/mol. The Hall–Kier alpha value is -3.30. The Morgan fingerprint density at radius 2 is 2.08 bits per heavy atom. The Labute approximate surface area is 155 Å². The average molecular weight is 364 g/mol. The molecule has 1 aliphatic heterocycles. The molecule has 26 heavy (non-hydrogen) atoms. The maximum atomic E-state index is 12.2. The molecule has 1 aromatic heterocycles. The minimum absolute atomic E-state index is 0.0621. The average Bonchev–Trinajstić information content (AvgIpc) is 3.21. The Bertz CT molecular complexity index is 1020. The number of aromatic nitrogens is 2. The standard InChI is InChI=1S/C19H14ClN5O/c20-13-3-6-15-16(7-13)18(25-11-22-9-17(15)25)10-23-19(26)24-14-4-1-12(8-21)2-5-14/h1-7,9,11,18H,10H2,(H2,23,24,26). The summed E-state index contributed by atoms with van der Waals surface area (Å²) in [5.74, 6) is 0. The molecule has 3 aromatic rings. The molecule has 1 atom stereocenters. The summed E-state index contributed by atoms with van der Waals surface area (Å²) in [5.41, 5.74) is 4.32. The quantitative estimate of drug-likeness (QED) is 0.742. The number of nitrogens with zero attached hydrogens (tertiary/aromatic N) is 3. The van der Waals surface area contributed by atoms with Crippen molar-refractivity contribution < 1.29 is 4.79 Å². The maximum Gasteiger partial charge on any atom is 0.319 e. The highest BCUT2D eigenvalue weighted by molar-refractivity contribution is 6.30. The van der Waals surface area contributed by atoms with Crippen LogP contribution in [0.3, 0.4) is 0 Å². The maximum absolute atomic E-state index is 12.2. The second kappa shape index (κ2) is 6.54. The molecule has 128 valence electrons. The summed E-state index contributed by atoms with van der Waals surface area (Å²) >= 11 is 6.15. The van der Waals surface area contributed by atoms with Crippen molar-refractivity contribution in [1.82, 2.24) is 14.9 Å². The van der Waals surface area contributed by atoms with Gasteiger partial charge in [-0.1, -0.05) is 17.7 Å². The van der Waals surface area contributed by atoms with Gasteiger partial charge in [0.15, 0.2) is 0 Å². The number of hydrogen-bond acceptors (Lipinski definition) is 3. The van der Waals surface area contributed by atoms with Crippen molar-refractivity contribution in [2.75, 3.05) is 11.9 Å². The smallest absolute Gasteiger partial charge is 0.319 e. The van der Waals surface area contributed by atoms with Gasteiger partial charge < -0.3 is 15.2 Å². The number of urea groups is 1. The van der Waals surface area contributed by atoms with Crippen LogP contribution in [-0.2, 0) is 0 Å². The van der Waals surface area contributed by atoms with Gasteiger partial charge in [-0.15, -0.1) is 0 Å². The lowest BCUT2D eigenvalue weighted by Crippen LogP contribution is -2.33. The summed E-state index contributed by atoms with van der Waals surface area (Å²) < 4.78 is 2.03. The number of fused-ring (bicyclic) bond motifs is 3. The summed E-state index contributed by atoms with van der Waals surface area (Å²) in [5, 5.41) is 15.1. The fourth-order valence-corrected chi connectivity index (χ4v) is 3.34. The van der Waals surface area contributed by atoms with Crippen LogP contribution in [0, 0.1) is 11.3 Å². The molecule has 6 nitrogen and oxygen atoms in total. The Morgan fingerprint density at radius 3 is 2.85 bits per heavy atom. The highest BCUT2D eigenvalue weighted by atomic mass is 35.5. The zero-order valence-electron chi connectivity index (χ0n) is 13.6. The summed E-state index contributed by atoms with van der Waals surface area (Å²) in [7, 11) is 0. The van der Waals surface area contributed by atoms with Gasteiger partial charge in [-0.2, -0.15) is 5.26 Å². The zero-order chi connectivity index (χ0) is 18.1. The van der Waals surface area contributed by atoms with Crippen molar-refractivity contribution in [3.05, 3.63) is 71.1 Å². The van der Waals surface area contributed by atoms with Crippen molar-refractivity contribution in [3.8, 4) is 17.3 Å². The van der Waals surface area contributed by atoms with E-state index in [4.69, 9.17) is 16.9 Å². The molecule has 2 N–H and O–H groups in total. The number of hydrogen-bond donors (Lipinski definition) is 2.